The molecule has 0 aliphatic carbocycles. The molecule has 0 aliphatic heterocycles. The summed E-state index contributed by atoms with van der Waals surface area (Å²) in [6.45, 7) is 1.82. The average molecular weight is 235 g/mol. The van der Waals surface area contributed by atoms with Gasteiger partial charge in [0.25, 0.3) is 0 Å². The van der Waals surface area contributed by atoms with Crippen molar-refractivity contribution in [2.24, 2.45) is 5.73 Å². The minimum absolute atomic E-state index is 0.0788. The molecule has 0 radical (unpaired) electrons. The summed E-state index contributed by atoms with van der Waals surface area (Å²) in [5.41, 5.74) is 6.54. The predicted octanol–water partition coefficient (Wildman–Crippen LogP) is 0.338. The molecule has 2 aromatic rings. The first-order chi connectivity index (χ1) is 7.65. The lowest BCUT2D eigenvalue weighted by atomic mass is 10.3. The van der Waals surface area contributed by atoms with Crippen LogP contribution in [-0.4, -0.2) is 31.0 Å². The van der Waals surface area contributed by atoms with Crippen molar-refractivity contribution < 1.29 is 0 Å². The summed E-state index contributed by atoms with van der Waals surface area (Å²) in [6, 6.07) is 1.66. The van der Waals surface area contributed by atoms with Gasteiger partial charge in [-0.05, 0) is 24.8 Å². The third-order valence-corrected chi connectivity index (χ3v) is 2.45. The van der Waals surface area contributed by atoms with Crippen LogP contribution in [0.3, 0.4) is 0 Å². The molecule has 0 fully saturated rings. The number of nitrogen functional groups attached to an aromatic ring is 1. The molecule has 2 aromatic heterocycles. The van der Waals surface area contributed by atoms with Gasteiger partial charge in [-0.3, -0.25) is 10.5 Å². The molecule has 0 unspecified atom stereocenters. The van der Waals surface area contributed by atoms with E-state index in [9.17, 15) is 0 Å². The Hall–Kier alpha value is -1.96. The fourth-order valence-electron chi connectivity index (χ4n) is 1.05. The molecule has 0 atom stereocenters. The molecule has 2 heterocycles. The van der Waals surface area contributed by atoms with Gasteiger partial charge in [-0.1, -0.05) is 0 Å². The Kier molecular flexibility index (Phi) is 2.82. The van der Waals surface area contributed by atoms with Gasteiger partial charge in [-0.2, -0.15) is 5.10 Å². The van der Waals surface area contributed by atoms with E-state index in [1.165, 1.54) is 18.1 Å². The van der Waals surface area contributed by atoms with Crippen molar-refractivity contribution in [3.05, 3.63) is 23.8 Å². The molecule has 16 heavy (non-hydrogen) atoms. The predicted molar refractivity (Wildman–Crippen MR) is 58.3 cm³/mol. The molecule has 2 rings (SSSR count). The van der Waals surface area contributed by atoms with Crippen molar-refractivity contribution in [3.63, 3.8) is 0 Å². The Balaban J connectivity index is 2.31. The summed E-state index contributed by atoms with van der Waals surface area (Å²) in [5.74, 6) is -0.0788. The molecule has 7 nitrogen and oxygen atoms in total. The Bertz CT molecular complexity index is 507. The van der Waals surface area contributed by atoms with Crippen LogP contribution < -0.4 is 5.73 Å². The molecule has 0 bridgehead atoms. The van der Waals surface area contributed by atoms with Crippen LogP contribution in [0.2, 0.25) is 0 Å². The zero-order valence-corrected chi connectivity index (χ0v) is 9.25. The van der Waals surface area contributed by atoms with Gasteiger partial charge in [-0.15, -0.1) is 0 Å². The van der Waals surface area contributed by atoms with E-state index < -0.39 is 0 Å². The van der Waals surface area contributed by atoms with Gasteiger partial charge in [0.1, 0.15) is 17.9 Å². The van der Waals surface area contributed by atoms with Crippen molar-refractivity contribution in [2.45, 2.75) is 17.2 Å². The number of hydrogen-bond donors (Lipinski definition) is 3. The maximum Gasteiger partial charge on any atom is 0.196 e. The maximum atomic E-state index is 7.32. The lowest BCUT2D eigenvalue weighted by molar-refractivity contribution is 0.904. The van der Waals surface area contributed by atoms with Crippen molar-refractivity contribution in [3.8, 4) is 0 Å². The van der Waals surface area contributed by atoms with E-state index in [0.717, 1.165) is 5.69 Å². The number of aromatic amines is 1. The highest BCUT2D eigenvalue weighted by Crippen LogP contribution is 2.20. The van der Waals surface area contributed by atoms with Crippen LogP contribution in [0.4, 0.5) is 0 Å². The number of rotatable bonds is 3. The van der Waals surface area contributed by atoms with Crippen LogP contribution in [0, 0.1) is 12.3 Å². The quantitative estimate of drug-likeness (QED) is 0.401. The van der Waals surface area contributed by atoms with Gasteiger partial charge >= 0.3 is 0 Å². The number of hydrogen-bond acceptors (Lipinski definition) is 6. The minimum Gasteiger partial charge on any atom is -0.382 e. The minimum atomic E-state index is -0.0788. The van der Waals surface area contributed by atoms with Gasteiger partial charge in [0.15, 0.2) is 10.3 Å². The second-order valence-electron chi connectivity index (χ2n) is 2.98. The van der Waals surface area contributed by atoms with Crippen LogP contribution in [0.25, 0.3) is 0 Å². The van der Waals surface area contributed by atoms with Crippen LogP contribution in [-0.2, 0) is 0 Å². The zero-order chi connectivity index (χ0) is 11.5. The lowest BCUT2D eigenvalue weighted by Crippen LogP contribution is -2.14. The molecule has 4 N–H and O–H groups in total. The molecule has 0 amide bonds. The fourth-order valence-corrected chi connectivity index (χ4v) is 1.76. The van der Waals surface area contributed by atoms with Crippen LogP contribution >= 0.6 is 11.8 Å². The van der Waals surface area contributed by atoms with E-state index in [0.29, 0.717) is 16.0 Å². The molecular weight excluding hydrogens is 226 g/mol. The third-order valence-electron chi connectivity index (χ3n) is 1.69. The normalized spacial score (nSPS) is 10.3. The van der Waals surface area contributed by atoms with Gasteiger partial charge < -0.3 is 5.73 Å². The Morgan fingerprint density at radius 2 is 2.31 bits per heavy atom. The Morgan fingerprint density at radius 1 is 1.50 bits per heavy atom. The standard InChI is InChI=1S/C8H9N7S/c1-4-2-5(6(9)10)14-8(13-4)16-7-11-3-12-15-7/h2-3H,1H3,(H3,9,10)(H,11,12,15). The van der Waals surface area contributed by atoms with Gasteiger partial charge in [-0.25, -0.2) is 15.0 Å². The highest BCUT2D eigenvalue weighted by Gasteiger charge is 2.07. The first kappa shape index (κ1) is 10.6. The highest BCUT2D eigenvalue weighted by molar-refractivity contribution is 7.99. The highest BCUT2D eigenvalue weighted by atomic mass is 32.2. The number of amidine groups is 1. The lowest BCUT2D eigenvalue weighted by Gasteiger charge is -2.02. The molecule has 82 valence electrons. The van der Waals surface area contributed by atoms with E-state index in [-0.39, 0.29) is 5.84 Å². The molecule has 0 spiro atoms. The molecule has 0 saturated carbocycles. The summed E-state index contributed by atoms with van der Waals surface area (Å²) in [6.07, 6.45) is 1.41. The first-order valence-electron chi connectivity index (χ1n) is 4.38. The molecular formula is C8H9N7S. The summed E-state index contributed by atoms with van der Waals surface area (Å²) in [5, 5.41) is 14.8. The summed E-state index contributed by atoms with van der Waals surface area (Å²) in [4.78, 5) is 12.3. The Morgan fingerprint density at radius 3 is 2.94 bits per heavy atom. The molecule has 0 saturated heterocycles. The van der Waals surface area contributed by atoms with E-state index in [4.69, 9.17) is 11.1 Å². The van der Waals surface area contributed by atoms with Gasteiger partial charge in [0.2, 0.25) is 0 Å². The summed E-state index contributed by atoms with van der Waals surface area (Å²) >= 11 is 1.24. The number of nitrogens with one attached hydrogen (secondary N) is 2. The summed E-state index contributed by atoms with van der Waals surface area (Å²) < 4.78 is 0. The SMILES string of the molecule is Cc1cc(C(=N)N)nc(Sc2ncn[nH]2)n1. The number of H-pyrrole nitrogens is 1. The van der Waals surface area contributed by atoms with Crippen molar-refractivity contribution in [1.82, 2.24) is 25.1 Å². The third kappa shape index (κ3) is 2.34. The maximum absolute atomic E-state index is 7.32. The van der Waals surface area contributed by atoms with Crippen molar-refractivity contribution >= 4 is 17.6 Å². The number of nitrogens with zero attached hydrogens (tertiary/aromatic N) is 4. The van der Waals surface area contributed by atoms with E-state index >= 15 is 0 Å². The first-order valence-corrected chi connectivity index (χ1v) is 5.20. The summed E-state index contributed by atoms with van der Waals surface area (Å²) in [7, 11) is 0. The second kappa shape index (κ2) is 4.27. The van der Waals surface area contributed by atoms with Crippen LogP contribution in [0.15, 0.2) is 22.7 Å². The van der Waals surface area contributed by atoms with E-state index in [1.54, 1.807) is 6.07 Å². The molecule has 0 aromatic carbocycles. The topological polar surface area (TPSA) is 117 Å². The fraction of sp³-hybridized carbons (Fsp3) is 0.125. The zero-order valence-electron chi connectivity index (χ0n) is 8.43. The molecule has 8 heteroatoms. The average Bonchev–Trinajstić information content (AvgIpc) is 2.69. The second-order valence-corrected chi connectivity index (χ2v) is 3.94. The monoisotopic (exact) mass is 235 g/mol. The van der Waals surface area contributed by atoms with Gasteiger partial charge in [0.05, 0.1) is 0 Å². The smallest absolute Gasteiger partial charge is 0.196 e. The van der Waals surface area contributed by atoms with Crippen LogP contribution in [0.1, 0.15) is 11.4 Å². The van der Waals surface area contributed by atoms with Crippen molar-refractivity contribution in [1.29, 1.82) is 5.41 Å². The number of nitrogens with two attached hydrogens (primary N) is 1. The molecule has 0 aliphatic rings. The Labute approximate surface area is 95.4 Å². The number of aromatic nitrogens is 5. The van der Waals surface area contributed by atoms with Crippen LogP contribution in [0.5, 0.6) is 0 Å². The number of aryl methyl sites for hydroxylation is 1. The largest absolute Gasteiger partial charge is 0.382 e. The van der Waals surface area contributed by atoms with E-state index in [1.807, 2.05) is 6.92 Å². The van der Waals surface area contributed by atoms with E-state index in [2.05, 4.69) is 25.1 Å². The van der Waals surface area contributed by atoms with Crippen molar-refractivity contribution in [2.75, 3.05) is 0 Å². The van der Waals surface area contributed by atoms with Gasteiger partial charge in [0, 0.05) is 5.69 Å².